The standard InChI is InChI=1S/C12H20N2O/c1-4-14(7-8-15)9-12-6-5-10(2)13-11(12)3/h5-6,15H,4,7-9H2,1-3H3. The van der Waals surface area contributed by atoms with Crippen molar-refractivity contribution in [3.63, 3.8) is 0 Å². The molecular formula is C12H20N2O. The van der Waals surface area contributed by atoms with Crippen LogP contribution in [-0.2, 0) is 6.54 Å². The van der Waals surface area contributed by atoms with E-state index in [9.17, 15) is 0 Å². The van der Waals surface area contributed by atoms with Crippen LogP contribution < -0.4 is 0 Å². The van der Waals surface area contributed by atoms with Crippen LogP contribution in [0.15, 0.2) is 12.1 Å². The predicted octanol–water partition coefficient (Wildman–Crippen LogP) is 1.51. The maximum absolute atomic E-state index is 8.90. The lowest BCUT2D eigenvalue weighted by Gasteiger charge is -2.20. The van der Waals surface area contributed by atoms with Crippen molar-refractivity contribution in [2.75, 3.05) is 19.7 Å². The van der Waals surface area contributed by atoms with Crippen LogP contribution in [0.3, 0.4) is 0 Å². The van der Waals surface area contributed by atoms with E-state index in [1.807, 2.05) is 19.9 Å². The first-order valence-electron chi connectivity index (χ1n) is 5.43. The van der Waals surface area contributed by atoms with E-state index in [1.54, 1.807) is 0 Å². The molecule has 0 aliphatic carbocycles. The van der Waals surface area contributed by atoms with Crippen molar-refractivity contribution in [3.05, 3.63) is 29.1 Å². The van der Waals surface area contributed by atoms with Gasteiger partial charge in [-0.2, -0.15) is 0 Å². The number of aromatic nitrogens is 1. The molecule has 3 heteroatoms. The van der Waals surface area contributed by atoms with Gasteiger partial charge in [-0.3, -0.25) is 9.88 Å². The second kappa shape index (κ2) is 5.83. The highest BCUT2D eigenvalue weighted by Gasteiger charge is 2.05. The van der Waals surface area contributed by atoms with Crippen LogP contribution in [0.4, 0.5) is 0 Å². The summed E-state index contributed by atoms with van der Waals surface area (Å²) >= 11 is 0. The van der Waals surface area contributed by atoms with Gasteiger partial charge in [-0.05, 0) is 32.0 Å². The van der Waals surface area contributed by atoms with Crippen molar-refractivity contribution < 1.29 is 5.11 Å². The summed E-state index contributed by atoms with van der Waals surface area (Å²) in [5.41, 5.74) is 3.39. The Morgan fingerprint density at radius 3 is 2.60 bits per heavy atom. The molecule has 0 saturated heterocycles. The maximum Gasteiger partial charge on any atom is 0.0558 e. The lowest BCUT2D eigenvalue weighted by Crippen LogP contribution is -2.26. The van der Waals surface area contributed by atoms with Crippen LogP contribution in [0.5, 0.6) is 0 Å². The van der Waals surface area contributed by atoms with E-state index in [2.05, 4.69) is 22.9 Å². The van der Waals surface area contributed by atoms with E-state index in [1.165, 1.54) is 5.56 Å². The molecule has 0 aromatic carbocycles. The highest BCUT2D eigenvalue weighted by molar-refractivity contribution is 5.21. The Bertz CT molecular complexity index is 312. The van der Waals surface area contributed by atoms with Gasteiger partial charge in [-0.15, -0.1) is 0 Å². The summed E-state index contributed by atoms with van der Waals surface area (Å²) in [5.74, 6) is 0. The zero-order valence-electron chi connectivity index (χ0n) is 9.82. The molecule has 0 aliphatic heterocycles. The summed E-state index contributed by atoms with van der Waals surface area (Å²) < 4.78 is 0. The van der Waals surface area contributed by atoms with Gasteiger partial charge in [0.15, 0.2) is 0 Å². The minimum Gasteiger partial charge on any atom is -0.395 e. The molecule has 0 spiro atoms. The molecule has 0 saturated carbocycles. The Morgan fingerprint density at radius 1 is 1.33 bits per heavy atom. The smallest absolute Gasteiger partial charge is 0.0558 e. The molecule has 0 atom stereocenters. The van der Waals surface area contributed by atoms with Gasteiger partial charge < -0.3 is 5.11 Å². The third kappa shape index (κ3) is 3.61. The summed E-state index contributed by atoms with van der Waals surface area (Å²) in [6, 6.07) is 4.16. The fraction of sp³-hybridized carbons (Fsp3) is 0.583. The Morgan fingerprint density at radius 2 is 2.07 bits per heavy atom. The lowest BCUT2D eigenvalue weighted by molar-refractivity contribution is 0.196. The topological polar surface area (TPSA) is 36.4 Å². The fourth-order valence-electron chi connectivity index (χ4n) is 1.61. The average Bonchev–Trinajstić information content (AvgIpc) is 2.21. The van der Waals surface area contributed by atoms with Gasteiger partial charge in [0.05, 0.1) is 6.61 Å². The van der Waals surface area contributed by atoms with Gasteiger partial charge in [0.1, 0.15) is 0 Å². The maximum atomic E-state index is 8.90. The second-order valence-corrected chi connectivity index (χ2v) is 3.79. The minimum absolute atomic E-state index is 0.214. The van der Waals surface area contributed by atoms with Crippen molar-refractivity contribution in [2.45, 2.75) is 27.3 Å². The Hall–Kier alpha value is -0.930. The molecule has 0 amide bonds. The number of hydrogen-bond donors (Lipinski definition) is 1. The van der Waals surface area contributed by atoms with E-state index in [-0.39, 0.29) is 6.61 Å². The second-order valence-electron chi connectivity index (χ2n) is 3.79. The molecule has 1 heterocycles. The largest absolute Gasteiger partial charge is 0.395 e. The molecule has 3 nitrogen and oxygen atoms in total. The molecule has 0 aliphatic rings. The van der Waals surface area contributed by atoms with Crippen molar-refractivity contribution in [2.24, 2.45) is 0 Å². The van der Waals surface area contributed by atoms with Crippen molar-refractivity contribution in [1.82, 2.24) is 9.88 Å². The van der Waals surface area contributed by atoms with Gasteiger partial charge >= 0.3 is 0 Å². The highest BCUT2D eigenvalue weighted by atomic mass is 16.3. The van der Waals surface area contributed by atoms with E-state index in [0.717, 1.165) is 31.0 Å². The zero-order chi connectivity index (χ0) is 11.3. The molecule has 1 aromatic heterocycles. The van der Waals surface area contributed by atoms with Crippen LogP contribution >= 0.6 is 0 Å². The van der Waals surface area contributed by atoms with Crippen LogP contribution in [0.25, 0.3) is 0 Å². The summed E-state index contributed by atoms with van der Waals surface area (Å²) in [6.07, 6.45) is 0. The fourth-order valence-corrected chi connectivity index (χ4v) is 1.61. The lowest BCUT2D eigenvalue weighted by atomic mass is 10.1. The number of likely N-dealkylation sites (N-methyl/N-ethyl adjacent to an activating group) is 1. The zero-order valence-corrected chi connectivity index (χ0v) is 9.82. The first kappa shape index (κ1) is 12.1. The number of pyridine rings is 1. The predicted molar refractivity (Wildman–Crippen MR) is 61.7 cm³/mol. The molecular weight excluding hydrogens is 188 g/mol. The molecule has 1 rings (SSSR count). The SMILES string of the molecule is CCN(CCO)Cc1ccc(C)nc1C. The van der Waals surface area contributed by atoms with Crippen LogP contribution in [0.2, 0.25) is 0 Å². The summed E-state index contributed by atoms with van der Waals surface area (Å²) in [7, 11) is 0. The van der Waals surface area contributed by atoms with E-state index >= 15 is 0 Å². The average molecular weight is 208 g/mol. The van der Waals surface area contributed by atoms with Crippen LogP contribution in [0.1, 0.15) is 23.9 Å². The quantitative estimate of drug-likeness (QED) is 0.797. The van der Waals surface area contributed by atoms with E-state index in [0.29, 0.717) is 0 Å². The molecule has 0 radical (unpaired) electrons. The normalized spacial score (nSPS) is 11.0. The van der Waals surface area contributed by atoms with E-state index < -0.39 is 0 Å². The monoisotopic (exact) mass is 208 g/mol. The van der Waals surface area contributed by atoms with Gasteiger partial charge in [0.2, 0.25) is 0 Å². The number of rotatable bonds is 5. The van der Waals surface area contributed by atoms with E-state index in [4.69, 9.17) is 5.11 Å². The van der Waals surface area contributed by atoms with Crippen molar-refractivity contribution >= 4 is 0 Å². The number of nitrogens with zero attached hydrogens (tertiary/aromatic N) is 2. The first-order valence-corrected chi connectivity index (χ1v) is 5.43. The van der Waals surface area contributed by atoms with Gasteiger partial charge in [0, 0.05) is 24.5 Å². The van der Waals surface area contributed by atoms with Crippen molar-refractivity contribution in [3.8, 4) is 0 Å². The van der Waals surface area contributed by atoms with Crippen LogP contribution in [0, 0.1) is 13.8 Å². The number of hydrogen-bond acceptors (Lipinski definition) is 3. The Labute approximate surface area is 91.8 Å². The highest BCUT2D eigenvalue weighted by Crippen LogP contribution is 2.09. The number of aliphatic hydroxyl groups is 1. The van der Waals surface area contributed by atoms with Crippen molar-refractivity contribution in [1.29, 1.82) is 0 Å². The number of aryl methyl sites for hydroxylation is 2. The third-order valence-corrected chi connectivity index (χ3v) is 2.59. The molecule has 15 heavy (non-hydrogen) atoms. The molecule has 0 fully saturated rings. The molecule has 1 aromatic rings. The van der Waals surface area contributed by atoms with Crippen LogP contribution in [-0.4, -0.2) is 34.7 Å². The molecule has 1 N–H and O–H groups in total. The molecule has 84 valence electrons. The summed E-state index contributed by atoms with van der Waals surface area (Å²) in [6.45, 7) is 8.91. The number of aliphatic hydroxyl groups excluding tert-OH is 1. The van der Waals surface area contributed by atoms with Gasteiger partial charge in [-0.1, -0.05) is 13.0 Å². The Kier molecular flexibility index (Phi) is 4.72. The third-order valence-electron chi connectivity index (χ3n) is 2.59. The summed E-state index contributed by atoms with van der Waals surface area (Å²) in [5, 5.41) is 8.90. The Balaban J connectivity index is 2.70. The minimum atomic E-state index is 0.214. The van der Waals surface area contributed by atoms with Gasteiger partial charge in [0.25, 0.3) is 0 Å². The molecule has 0 bridgehead atoms. The molecule has 0 unspecified atom stereocenters. The first-order chi connectivity index (χ1) is 7.17. The summed E-state index contributed by atoms with van der Waals surface area (Å²) in [4.78, 5) is 6.64. The van der Waals surface area contributed by atoms with Gasteiger partial charge in [-0.25, -0.2) is 0 Å².